The number of quaternary nitrogens is 2. The number of nitrogens with one attached hydrogen (secondary N) is 2. The molecule has 0 aromatic heterocycles. The topological polar surface area (TPSA) is 18.1 Å². The van der Waals surface area contributed by atoms with Gasteiger partial charge in [-0.15, -0.1) is 0 Å². The molecule has 0 radical (unpaired) electrons. The Morgan fingerprint density at radius 2 is 1.59 bits per heavy atom. The molecule has 122 valence electrons. The lowest BCUT2D eigenvalue weighted by atomic mass is 10.0. The fourth-order valence-corrected chi connectivity index (χ4v) is 4.25. The molecular formula is C19H32N2O+2. The highest BCUT2D eigenvalue weighted by Gasteiger charge is 2.34. The Hall–Kier alpha value is -0.900. The van der Waals surface area contributed by atoms with E-state index in [1.807, 2.05) is 0 Å². The molecule has 2 aliphatic rings. The number of piperidine rings is 1. The van der Waals surface area contributed by atoms with E-state index < -0.39 is 0 Å². The van der Waals surface area contributed by atoms with Crippen LogP contribution in [0.1, 0.15) is 37.8 Å². The molecule has 0 bridgehead atoms. The minimum atomic E-state index is 0.427. The number of likely N-dealkylation sites (tertiary alicyclic amines) is 1. The van der Waals surface area contributed by atoms with E-state index in [2.05, 4.69) is 45.0 Å². The van der Waals surface area contributed by atoms with Gasteiger partial charge < -0.3 is 14.5 Å². The van der Waals surface area contributed by atoms with Gasteiger partial charge in [-0.2, -0.15) is 0 Å². The fourth-order valence-electron chi connectivity index (χ4n) is 4.25. The Bertz CT molecular complexity index is 455. The SMILES string of the molecule is Cc1ccc(C[NH+]2CCC([NH+]3C[C@H](C)O[C@@H](C)C3)CC2)cc1. The van der Waals surface area contributed by atoms with Crippen LogP contribution in [0.3, 0.4) is 0 Å². The van der Waals surface area contributed by atoms with E-state index in [1.165, 1.54) is 56.7 Å². The van der Waals surface area contributed by atoms with E-state index in [1.54, 1.807) is 9.80 Å². The molecule has 3 heteroatoms. The van der Waals surface area contributed by atoms with Crippen LogP contribution in [0.2, 0.25) is 0 Å². The van der Waals surface area contributed by atoms with Crippen molar-refractivity contribution in [3.63, 3.8) is 0 Å². The molecule has 2 fully saturated rings. The third-order valence-electron chi connectivity index (χ3n) is 5.41. The van der Waals surface area contributed by atoms with Crippen LogP contribution in [0.15, 0.2) is 24.3 Å². The second kappa shape index (κ2) is 7.12. The second-order valence-corrected chi connectivity index (χ2v) is 7.51. The Kier molecular flexibility index (Phi) is 5.17. The van der Waals surface area contributed by atoms with Gasteiger partial charge in [0.15, 0.2) is 0 Å². The smallest absolute Gasteiger partial charge is 0.104 e. The predicted octanol–water partition coefficient (Wildman–Crippen LogP) is 0.234. The van der Waals surface area contributed by atoms with Crippen molar-refractivity contribution >= 4 is 0 Å². The van der Waals surface area contributed by atoms with Crippen LogP contribution >= 0.6 is 0 Å². The van der Waals surface area contributed by atoms with Crippen LogP contribution in [-0.4, -0.2) is 44.4 Å². The zero-order valence-corrected chi connectivity index (χ0v) is 14.4. The van der Waals surface area contributed by atoms with E-state index >= 15 is 0 Å². The first-order valence-electron chi connectivity index (χ1n) is 8.99. The largest absolute Gasteiger partial charge is 0.364 e. The molecule has 0 saturated carbocycles. The van der Waals surface area contributed by atoms with E-state index in [0.717, 1.165) is 6.04 Å². The maximum absolute atomic E-state index is 5.89. The molecule has 0 aliphatic carbocycles. The van der Waals surface area contributed by atoms with Crippen molar-refractivity contribution in [1.29, 1.82) is 0 Å². The van der Waals surface area contributed by atoms with Crippen molar-refractivity contribution in [2.24, 2.45) is 0 Å². The minimum absolute atomic E-state index is 0.427. The number of hydrogen-bond acceptors (Lipinski definition) is 1. The van der Waals surface area contributed by atoms with E-state index in [9.17, 15) is 0 Å². The molecule has 1 aromatic rings. The maximum atomic E-state index is 5.89. The Morgan fingerprint density at radius 1 is 1.00 bits per heavy atom. The molecule has 2 atom stereocenters. The van der Waals surface area contributed by atoms with Crippen molar-refractivity contribution in [2.75, 3.05) is 26.2 Å². The van der Waals surface area contributed by atoms with Gasteiger partial charge in [0.05, 0.1) is 19.1 Å². The van der Waals surface area contributed by atoms with E-state index in [-0.39, 0.29) is 0 Å². The number of aryl methyl sites for hydroxylation is 1. The fraction of sp³-hybridized carbons (Fsp3) is 0.684. The molecule has 3 nitrogen and oxygen atoms in total. The average Bonchev–Trinajstić information content (AvgIpc) is 2.49. The monoisotopic (exact) mass is 304 g/mol. The molecule has 2 saturated heterocycles. The van der Waals surface area contributed by atoms with Crippen LogP contribution in [0.5, 0.6) is 0 Å². The van der Waals surface area contributed by atoms with Crippen LogP contribution in [-0.2, 0) is 11.3 Å². The third kappa shape index (κ3) is 4.09. The summed E-state index contributed by atoms with van der Waals surface area (Å²) in [6.45, 7) is 12.9. The van der Waals surface area contributed by atoms with Crippen molar-refractivity contribution < 1.29 is 14.5 Å². The Labute approximate surface area is 135 Å². The highest BCUT2D eigenvalue weighted by molar-refractivity contribution is 5.20. The summed E-state index contributed by atoms with van der Waals surface area (Å²) in [4.78, 5) is 3.55. The van der Waals surface area contributed by atoms with Gasteiger partial charge in [0.25, 0.3) is 0 Å². The lowest BCUT2D eigenvalue weighted by Gasteiger charge is -2.39. The van der Waals surface area contributed by atoms with Gasteiger partial charge in [-0.3, -0.25) is 0 Å². The molecule has 2 aliphatic heterocycles. The van der Waals surface area contributed by atoms with Crippen LogP contribution < -0.4 is 9.80 Å². The number of benzene rings is 1. The van der Waals surface area contributed by atoms with Crippen molar-refractivity contribution in [2.45, 2.75) is 58.4 Å². The first kappa shape index (κ1) is 16.0. The summed E-state index contributed by atoms with van der Waals surface area (Å²) in [5.74, 6) is 0. The van der Waals surface area contributed by atoms with Crippen molar-refractivity contribution in [3.05, 3.63) is 35.4 Å². The van der Waals surface area contributed by atoms with Gasteiger partial charge in [-0.1, -0.05) is 29.8 Å². The molecule has 2 heterocycles. The Morgan fingerprint density at radius 3 is 2.18 bits per heavy atom. The van der Waals surface area contributed by atoms with Crippen LogP contribution in [0.25, 0.3) is 0 Å². The number of hydrogen-bond donors (Lipinski definition) is 2. The average molecular weight is 304 g/mol. The predicted molar refractivity (Wildman–Crippen MR) is 89.3 cm³/mol. The standard InChI is InChI=1S/C19H30N2O/c1-15-4-6-18(7-5-15)14-20-10-8-19(9-11-20)21-12-16(2)22-17(3)13-21/h4-7,16-17,19H,8-14H2,1-3H3/p+2/t16-,17-/m0/s1. The molecule has 0 spiro atoms. The number of morpholine rings is 1. The quantitative estimate of drug-likeness (QED) is 0.818. The maximum Gasteiger partial charge on any atom is 0.104 e. The zero-order chi connectivity index (χ0) is 15.5. The Balaban J connectivity index is 1.48. The summed E-state index contributed by atoms with van der Waals surface area (Å²) in [6, 6.07) is 9.93. The number of ether oxygens (including phenoxy) is 1. The summed E-state index contributed by atoms with van der Waals surface area (Å²) in [7, 11) is 0. The third-order valence-corrected chi connectivity index (χ3v) is 5.41. The summed E-state index contributed by atoms with van der Waals surface area (Å²) < 4.78 is 5.89. The first-order valence-corrected chi connectivity index (χ1v) is 8.99. The number of rotatable bonds is 3. The highest BCUT2D eigenvalue weighted by atomic mass is 16.5. The first-order chi connectivity index (χ1) is 10.6. The van der Waals surface area contributed by atoms with Gasteiger partial charge in [0, 0.05) is 18.4 Å². The minimum Gasteiger partial charge on any atom is -0.364 e. The van der Waals surface area contributed by atoms with Gasteiger partial charge in [0.2, 0.25) is 0 Å². The van der Waals surface area contributed by atoms with E-state index in [4.69, 9.17) is 4.74 Å². The molecule has 3 rings (SSSR count). The molecule has 1 aromatic carbocycles. The highest BCUT2D eigenvalue weighted by Crippen LogP contribution is 2.05. The van der Waals surface area contributed by atoms with E-state index in [0.29, 0.717) is 12.2 Å². The normalized spacial score (nSPS) is 36.2. The van der Waals surface area contributed by atoms with Gasteiger partial charge >= 0.3 is 0 Å². The lowest BCUT2D eigenvalue weighted by molar-refractivity contribution is -0.970. The lowest BCUT2D eigenvalue weighted by Crippen LogP contribution is -3.22. The van der Waals surface area contributed by atoms with Gasteiger partial charge in [-0.25, -0.2) is 0 Å². The summed E-state index contributed by atoms with van der Waals surface area (Å²) >= 11 is 0. The van der Waals surface area contributed by atoms with Crippen LogP contribution in [0, 0.1) is 6.92 Å². The van der Waals surface area contributed by atoms with Crippen molar-refractivity contribution in [1.82, 2.24) is 0 Å². The summed E-state index contributed by atoms with van der Waals surface area (Å²) in [5, 5.41) is 0. The molecular weight excluding hydrogens is 272 g/mol. The van der Waals surface area contributed by atoms with Gasteiger partial charge in [0.1, 0.15) is 31.8 Å². The molecule has 0 unspecified atom stereocenters. The van der Waals surface area contributed by atoms with Crippen molar-refractivity contribution in [3.8, 4) is 0 Å². The van der Waals surface area contributed by atoms with Gasteiger partial charge in [-0.05, 0) is 20.8 Å². The van der Waals surface area contributed by atoms with Crippen LogP contribution in [0.4, 0.5) is 0 Å². The molecule has 0 amide bonds. The summed E-state index contributed by atoms with van der Waals surface area (Å²) in [6.07, 6.45) is 3.60. The molecule has 2 N–H and O–H groups in total. The zero-order valence-electron chi connectivity index (χ0n) is 14.4. The summed E-state index contributed by atoms with van der Waals surface area (Å²) in [5.41, 5.74) is 2.84. The molecule has 22 heavy (non-hydrogen) atoms. The second-order valence-electron chi connectivity index (χ2n) is 7.51.